The maximum atomic E-state index is 14.1. The Morgan fingerprint density at radius 2 is 1.65 bits per heavy atom. The van der Waals surface area contributed by atoms with Crippen LogP contribution in [0.1, 0.15) is 70.2 Å². The Morgan fingerprint density at radius 3 is 2.20 bits per heavy atom. The smallest absolute Gasteiger partial charge is 0.408 e. The number of nitrogens with zero attached hydrogens (tertiary/aromatic N) is 1. The number of carbonyl (C=O) groups is 4. The molecule has 0 aliphatic carbocycles. The SMILES string of the molecule is Cc1cccc(C(C(=O)Nc2c(C)cccc2Cl)N(C(=O)C(CCC(N)=O)NC(=O)OC(C)(C)C)C(C)C)c1O. The first kappa shape index (κ1) is 32.4. The van der Waals surface area contributed by atoms with Gasteiger partial charge in [0, 0.05) is 18.0 Å². The van der Waals surface area contributed by atoms with Crippen LogP contribution < -0.4 is 16.4 Å². The Labute approximate surface area is 240 Å². The molecule has 2 rings (SSSR count). The molecule has 0 heterocycles. The first-order valence-electron chi connectivity index (χ1n) is 13.0. The van der Waals surface area contributed by atoms with Gasteiger partial charge in [-0.25, -0.2) is 4.79 Å². The lowest BCUT2D eigenvalue weighted by atomic mass is 9.97. The lowest BCUT2D eigenvalue weighted by Gasteiger charge is -2.37. The van der Waals surface area contributed by atoms with Gasteiger partial charge in [0.15, 0.2) is 0 Å². The third kappa shape index (κ3) is 8.61. The van der Waals surface area contributed by atoms with E-state index in [2.05, 4.69) is 10.6 Å². The van der Waals surface area contributed by atoms with Gasteiger partial charge in [0.1, 0.15) is 23.4 Å². The highest BCUT2D eigenvalue weighted by Crippen LogP contribution is 2.35. The number of aromatic hydroxyl groups is 1. The fourth-order valence-electron chi connectivity index (χ4n) is 4.16. The Hall–Kier alpha value is -3.79. The molecule has 0 aliphatic rings. The highest BCUT2D eigenvalue weighted by atomic mass is 35.5. The fraction of sp³-hybridized carbons (Fsp3) is 0.448. The van der Waals surface area contributed by atoms with Gasteiger partial charge in [-0.15, -0.1) is 0 Å². The van der Waals surface area contributed by atoms with Gasteiger partial charge in [0.2, 0.25) is 11.8 Å². The average Bonchev–Trinajstić information content (AvgIpc) is 2.82. The van der Waals surface area contributed by atoms with E-state index in [-0.39, 0.29) is 24.2 Å². The topological polar surface area (TPSA) is 151 Å². The van der Waals surface area contributed by atoms with Crippen LogP contribution in [-0.4, -0.2) is 51.5 Å². The van der Waals surface area contributed by atoms with Gasteiger partial charge < -0.3 is 31.1 Å². The number of primary amides is 1. The minimum Gasteiger partial charge on any atom is -0.507 e. The van der Waals surface area contributed by atoms with Crippen molar-refractivity contribution in [3.63, 3.8) is 0 Å². The molecule has 40 heavy (non-hydrogen) atoms. The van der Waals surface area contributed by atoms with Crippen molar-refractivity contribution >= 4 is 41.1 Å². The minimum absolute atomic E-state index is 0.131. The van der Waals surface area contributed by atoms with Crippen molar-refractivity contribution < 1.29 is 29.0 Å². The van der Waals surface area contributed by atoms with Crippen LogP contribution >= 0.6 is 11.6 Å². The molecule has 0 fully saturated rings. The van der Waals surface area contributed by atoms with Crippen LogP contribution in [0.3, 0.4) is 0 Å². The number of benzene rings is 2. The number of carbonyl (C=O) groups excluding carboxylic acids is 4. The summed E-state index contributed by atoms with van der Waals surface area (Å²) < 4.78 is 5.33. The number of amides is 4. The molecular weight excluding hydrogens is 536 g/mol. The number of phenolic OH excluding ortho intramolecular Hbond substituents is 1. The van der Waals surface area contributed by atoms with E-state index in [1.807, 2.05) is 0 Å². The van der Waals surface area contributed by atoms with Crippen molar-refractivity contribution in [3.8, 4) is 5.75 Å². The number of alkyl carbamates (subject to hydrolysis) is 1. The number of para-hydroxylation sites is 2. The Kier molecular flexibility index (Phi) is 11.0. The van der Waals surface area contributed by atoms with Crippen molar-refractivity contribution in [2.24, 2.45) is 5.73 Å². The van der Waals surface area contributed by atoms with E-state index >= 15 is 0 Å². The van der Waals surface area contributed by atoms with Crippen molar-refractivity contribution in [1.29, 1.82) is 0 Å². The van der Waals surface area contributed by atoms with E-state index in [1.54, 1.807) is 84.9 Å². The summed E-state index contributed by atoms with van der Waals surface area (Å²) in [5.74, 6) is -2.13. The highest BCUT2D eigenvalue weighted by molar-refractivity contribution is 6.34. The Morgan fingerprint density at radius 1 is 1.05 bits per heavy atom. The molecule has 10 nitrogen and oxygen atoms in total. The van der Waals surface area contributed by atoms with Crippen LogP contribution in [0.2, 0.25) is 5.02 Å². The van der Waals surface area contributed by atoms with Crippen molar-refractivity contribution in [2.75, 3.05) is 5.32 Å². The molecule has 2 aromatic rings. The van der Waals surface area contributed by atoms with Crippen molar-refractivity contribution in [3.05, 3.63) is 58.1 Å². The summed E-state index contributed by atoms with van der Waals surface area (Å²) in [6, 6.07) is 6.85. The molecule has 0 saturated heterocycles. The molecule has 0 bridgehead atoms. The summed E-state index contributed by atoms with van der Waals surface area (Å²) in [7, 11) is 0. The first-order valence-corrected chi connectivity index (χ1v) is 13.4. The standard InChI is InChI=1S/C29H39ClN4O6/c1-16(2)34(27(38)21(14-15-22(31)35)32-28(39)40-29(5,6)7)24(19-12-8-11-18(4)25(19)36)26(37)33-23-17(3)10-9-13-20(23)30/h8-13,16,21,24,36H,14-15H2,1-7H3,(H2,31,35)(H,32,39)(H,33,37). The third-order valence-electron chi connectivity index (χ3n) is 6.04. The van der Waals surface area contributed by atoms with Crippen LogP contribution in [0.5, 0.6) is 5.75 Å². The van der Waals surface area contributed by atoms with Crippen LogP contribution in [0.15, 0.2) is 36.4 Å². The zero-order valence-corrected chi connectivity index (χ0v) is 24.8. The molecule has 0 radical (unpaired) electrons. The van der Waals surface area contributed by atoms with Crippen LogP contribution in [0, 0.1) is 13.8 Å². The summed E-state index contributed by atoms with van der Waals surface area (Å²) in [5.41, 5.74) is 6.23. The summed E-state index contributed by atoms with van der Waals surface area (Å²) >= 11 is 6.37. The number of hydrogen-bond acceptors (Lipinski definition) is 6. The minimum atomic E-state index is -1.33. The Bertz CT molecular complexity index is 1240. The maximum Gasteiger partial charge on any atom is 0.408 e. The van der Waals surface area contributed by atoms with Gasteiger partial charge in [-0.2, -0.15) is 0 Å². The van der Waals surface area contributed by atoms with Gasteiger partial charge in [0.25, 0.3) is 5.91 Å². The van der Waals surface area contributed by atoms with Crippen LogP contribution in [0.4, 0.5) is 10.5 Å². The zero-order chi connectivity index (χ0) is 30.4. The second-order valence-corrected chi connectivity index (χ2v) is 11.3. The summed E-state index contributed by atoms with van der Waals surface area (Å²) in [6.45, 7) is 11.9. The number of phenols is 1. The predicted octanol–water partition coefficient (Wildman–Crippen LogP) is 4.74. The second-order valence-electron chi connectivity index (χ2n) is 10.9. The lowest BCUT2D eigenvalue weighted by Crippen LogP contribution is -2.54. The first-order chi connectivity index (χ1) is 18.5. The van der Waals surface area contributed by atoms with Gasteiger partial charge in [-0.05, 0) is 72.1 Å². The largest absolute Gasteiger partial charge is 0.507 e. The number of hydrogen-bond donors (Lipinski definition) is 4. The normalized spacial score (nSPS) is 12.8. The van der Waals surface area contributed by atoms with E-state index in [9.17, 15) is 24.3 Å². The average molecular weight is 575 g/mol. The fourth-order valence-corrected chi connectivity index (χ4v) is 4.42. The molecule has 2 unspecified atom stereocenters. The van der Waals surface area contributed by atoms with Crippen molar-refractivity contribution in [1.82, 2.24) is 10.2 Å². The molecule has 0 aromatic heterocycles. The summed E-state index contributed by atoms with van der Waals surface area (Å²) in [6.07, 6.45) is -1.21. The molecular formula is C29H39ClN4O6. The lowest BCUT2D eigenvalue weighted by molar-refractivity contribution is -0.143. The monoisotopic (exact) mass is 574 g/mol. The Balaban J connectivity index is 2.63. The molecule has 5 N–H and O–H groups in total. The molecule has 0 saturated carbocycles. The van der Waals surface area contributed by atoms with E-state index in [1.165, 1.54) is 4.90 Å². The maximum absolute atomic E-state index is 14.1. The number of rotatable bonds is 10. The number of nitrogens with one attached hydrogen (secondary N) is 2. The van der Waals surface area contributed by atoms with E-state index < -0.39 is 47.5 Å². The van der Waals surface area contributed by atoms with Gasteiger partial charge >= 0.3 is 6.09 Å². The van der Waals surface area contributed by atoms with Gasteiger partial charge in [-0.3, -0.25) is 14.4 Å². The van der Waals surface area contributed by atoms with E-state index in [0.29, 0.717) is 21.8 Å². The molecule has 0 aliphatic heterocycles. The molecule has 218 valence electrons. The summed E-state index contributed by atoms with van der Waals surface area (Å²) in [5, 5.41) is 16.6. The quantitative estimate of drug-likeness (QED) is 0.322. The van der Waals surface area contributed by atoms with Crippen LogP contribution in [0.25, 0.3) is 0 Å². The molecule has 0 spiro atoms. The number of aryl methyl sites for hydroxylation is 2. The molecule has 4 amide bonds. The predicted molar refractivity (Wildman–Crippen MR) is 154 cm³/mol. The van der Waals surface area contributed by atoms with Crippen molar-refractivity contribution in [2.45, 2.75) is 85.0 Å². The number of nitrogens with two attached hydrogens (primary N) is 1. The number of anilines is 1. The summed E-state index contributed by atoms with van der Waals surface area (Å²) in [4.78, 5) is 53.6. The molecule has 2 aromatic carbocycles. The van der Waals surface area contributed by atoms with Gasteiger partial charge in [0.05, 0.1) is 10.7 Å². The molecule has 11 heteroatoms. The van der Waals surface area contributed by atoms with E-state index in [4.69, 9.17) is 22.1 Å². The number of ether oxygens (including phenoxy) is 1. The molecule has 2 atom stereocenters. The van der Waals surface area contributed by atoms with Crippen LogP contribution in [-0.2, 0) is 19.1 Å². The number of halogens is 1. The third-order valence-corrected chi connectivity index (χ3v) is 6.35. The van der Waals surface area contributed by atoms with E-state index in [0.717, 1.165) is 0 Å². The van der Waals surface area contributed by atoms with Gasteiger partial charge in [-0.1, -0.05) is 41.9 Å². The highest BCUT2D eigenvalue weighted by Gasteiger charge is 2.39. The zero-order valence-electron chi connectivity index (χ0n) is 24.0. The second kappa shape index (κ2) is 13.5.